The number of fused-ring (bicyclic) bond motifs is 1. The van der Waals surface area contributed by atoms with Crippen molar-refractivity contribution in [3.8, 4) is 0 Å². The number of hydrogen-bond donors (Lipinski definition) is 0. The van der Waals surface area contributed by atoms with Gasteiger partial charge in [-0.3, -0.25) is 9.48 Å². The molecule has 0 fully saturated rings. The monoisotopic (exact) mass is 150 g/mol. The van der Waals surface area contributed by atoms with Crippen molar-refractivity contribution in [1.29, 1.82) is 0 Å². The molecule has 0 saturated heterocycles. The molecule has 3 heteroatoms. The summed E-state index contributed by atoms with van der Waals surface area (Å²) in [6, 6.07) is 1.77. The molecule has 0 amide bonds. The lowest BCUT2D eigenvalue weighted by molar-refractivity contribution is 0.0977. The minimum Gasteiger partial charge on any atom is -0.292 e. The van der Waals surface area contributed by atoms with Gasteiger partial charge in [0.05, 0.1) is 5.54 Å². The van der Waals surface area contributed by atoms with Crippen LogP contribution in [0.2, 0.25) is 0 Å². The molecule has 0 bridgehead atoms. The van der Waals surface area contributed by atoms with Crippen LogP contribution >= 0.6 is 0 Å². The summed E-state index contributed by atoms with van der Waals surface area (Å²) < 4.78 is 1.80. The number of carbonyl (C=O) groups is 1. The highest BCUT2D eigenvalue weighted by Gasteiger charge is 2.35. The van der Waals surface area contributed by atoms with Crippen molar-refractivity contribution < 1.29 is 4.79 Å². The van der Waals surface area contributed by atoms with Crippen molar-refractivity contribution >= 4 is 5.78 Å². The van der Waals surface area contributed by atoms with E-state index < -0.39 is 0 Å². The number of carbonyl (C=O) groups excluding carboxylic acids is 1. The number of Topliss-reactive ketones (excluding diaryl/α,β-unsaturated/α-hetero) is 1. The van der Waals surface area contributed by atoms with Crippen LogP contribution in [0.25, 0.3) is 0 Å². The highest BCUT2D eigenvalue weighted by Crippen LogP contribution is 2.29. The SMILES string of the molecule is CC1(C)CC(=O)c2ccnn21. The van der Waals surface area contributed by atoms with E-state index in [-0.39, 0.29) is 11.3 Å². The molecule has 0 aliphatic carbocycles. The van der Waals surface area contributed by atoms with Gasteiger partial charge in [0, 0.05) is 12.6 Å². The quantitative estimate of drug-likeness (QED) is 0.557. The predicted octanol–water partition coefficient (Wildman–Crippen LogP) is 1.20. The highest BCUT2D eigenvalue weighted by molar-refractivity contribution is 5.97. The maximum Gasteiger partial charge on any atom is 0.183 e. The molecule has 0 saturated carbocycles. The number of rotatable bonds is 0. The summed E-state index contributed by atoms with van der Waals surface area (Å²) in [6.07, 6.45) is 2.25. The standard InChI is InChI=1S/C8H10N2O/c1-8(2)5-7(11)6-3-4-9-10(6)8/h3-4H,5H2,1-2H3. The summed E-state index contributed by atoms with van der Waals surface area (Å²) in [5.41, 5.74) is 0.630. The van der Waals surface area contributed by atoms with Crippen LogP contribution in [0, 0.1) is 0 Å². The zero-order chi connectivity index (χ0) is 8.06. The molecular weight excluding hydrogens is 140 g/mol. The Morgan fingerprint density at radius 3 is 3.00 bits per heavy atom. The minimum absolute atomic E-state index is 0.115. The maximum absolute atomic E-state index is 11.3. The average molecular weight is 150 g/mol. The third-order valence-corrected chi connectivity index (χ3v) is 2.09. The maximum atomic E-state index is 11.3. The van der Waals surface area contributed by atoms with Crippen molar-refractivity contribution in [2.45, 2.75) is 25.8 Å². The van der Waals surface area contributed by atoms with Crippen LogP contribution in [0.4, 0.5) is 0 Å². The summed E-state index contributed by atoms with van der Waals surface area (Å²) >= 11 is 0. The van der Waals surface area contributed by atoms with E-state index in [4.69, 9.17) is 0 Å². The van der Waals surface area contributed by atoms with Gasteiger partial charge in [-0.2, -0.15) is 5.10 Å². The third-order valence-electron chi connectivity index (χ3n) is 2.09. The molecule has 1 aliphatic rings. The second-order valence-corrected chi connectivity index (χ2v) is 3.54. The van der Waals surface area contributed by atoms with Gasteiger partial charge in [0.2, 0.25) is 0 Å². The van der Waals surface area contributed by atoms with Gasteiger partial charge in [-0.15, -0.1) is 0 Å². The van der Waals surface area contributed by atoms with E-state index in [2.05, 4.69) is 5.10 Å². The smallest absolute Gasteiger partial charge is 0.183 e. The summed E-state index contributed by atoms with van der Waals surface area (Å²) in [4.78, 5) is 11.3. The van der Waals surface area contributed by atoms with Crippen molar-refractivity contribution in [2.75, 3.05) is 0 Å². The molecule has 0 atom stereocenters. The highest BCUT2D eigenvalue weighted by atomic mass is 16.1. The van der Waals surface area contributed by atoms with Crippen LogP contribution in [-0.4, -0.2) is 15.6 Å². The van der Waals surface area contributed by atoms with Crippen molar-refractivity contribution in [2.24, 2.45) is 0 Å². The van der Waals surface area contributed by atoms with E-state index in [1.807, 2.05) is 13.8 Å². The Bertz CT molecular complexity index is 312. The second kappa shape index (κ2) is 1.72. The topological polar surface area (TPSA) is 34.9 Å². The summed E-state index contributed by atoms with van der Waals surface area (Å²) in [5.74, 6) is 0.201. The fourth-order valence-corrected chi connectivity index (χ4v) is 1.56. The van der Waals surface area contributed by atoms with Crippen molar-refractivity contribution in [1.82, 2.24) is 9.78 Å². The molecular formula is C8H10N2O. The lowest BCUT2D eigenvalue weighted by Gasteiger charge is -2.17. The Hall–Kier alpha value is -1.12. The van der Waals surface area contributed by atoms with Crippen LogP contribution in [0.5, 0.6) is 0 Å². The van der Waals surface area contributed by atoms with Crippen LogP contribution in [0.1, 0.15) is 30.8 Å². The predicted molar refractivity (Wildman–Crippen MR) is 40.5 cm³/mol. The van der Waals surface area contributed by atoms with Crippen molar-refractivity contribution in [3.05, 3.63) is 18.0 Å². The zero-order valence-electron chi connectivity index (χ0n) is 6.66. The Balaban J connectivity index is 2.63. The van der Waals surface area contributed by atoms with Gasteiger partial charge in [-0.1, -0.05) is 0 Å². The molecule has 11 heavy (non-hydrogen) atoms. The third kappa shape index (κ3) is 0.737. The van der Waals surface area contributed by atoms with Gasteiger partial charge in [0.1, 0.15) is 5.69 Å². The van der Waals surface area contributed by atoms with Crippen molar-refractivity contribution in [3.63, 3.8) is 0 Å². The van der Waals surface area contributed by atoms with E-state index in [9.17, 15) is 4.79 Å². The van der Waals surface area contributed by atoms with Crippen LogP contribution in [0.15, 0.2) is 12.3 Å². The molecule has 0 aromatic carbocycles. The van der Waals surface area contributed by atoms with Crippen LogP contribution in [0.3, 0.4) is 0 Å². The molecule has 3 nitrogen and oxygen atoms in total. The van der Waals surface area contributed by atoms with Gasteiger partial charge < -0.3 is 0 Å². The Morgan fingerprint density at radius 2 is 2.36 bits per heavy atom. The molecule has 1 aromatic rings. The van der Waals surface area contributed by atoms with E-state index >= 15 is 0 Å². The minimum atomic E-state index is -0.115. The zero-order valence-corrected chi connectivity index (χ0v) is 6.66. The first kappa shape index (κ1) is 6.58. The molecule has 0 N–H and O–H groups in total. The van der Waals surface area contributed by atoms with Gasteiger partial charge in [-0.25, -0.2) is 0 Å². The second-order valence-electron chi connectivity index (χ2n) is 3.54. The molecule has 0 spiro atoms. The number of aromatic nitrogens is 2. The van der Waals surface area contributed by atoms with Crippen LogP contribution in [-0.2, 0) is 5.54 Å². The summed E-state index contributed by atoms with van der Waals surface area (Å²) in [6.45, 7) is 4.04. The van der Waals surface area contributed by atoms with E-state index in [0.29, 0.717) is 6.42 Å². The first-order valence-corrected chi connectivity index (χ1v) is 3.69. The molecule has 2 heterocycles. The summed E-state index contributed by atoms with van der Waals surface area (Å²) in [5, 5.41) is 4.10. The Morgan fingerprint density at radius 1 is 1.64 bits per heavy atom. The number of ketones is 1. The fraction of sp³-hybridized carbons (Fsp3) is 0.500. The molecule has 0 radical (unpaired) electrons. The lowest BCUT2D eigenvalue weighted by Crippen LogP contribution is -2.22. The molecule has 1 aromatic heterocycles. The van der Waals surface area contributed by atoms with Gasteiger partial charge in [0.25, 0.3) is 0 Å². The van der Waals surface area contributed by atoms with E-state index in [1.54, 1.807) is 16.9 Å². The molecule has 0 unspecified atom stereocenters. The number of nitrogens with zero attached hydrogens (tertiary/aromatic N) is 2. The first-order chi connectivity index (χ1) is 5.11. The Labute approximate surface area is 65.0 Å². The van der Waals surface area contributed by atoms with Gasteiger partial charge in [0.15, 0.2) is 5.78 Å². The van der Waals surface area contributed by atoms with E-state index in [0.717, 1.165) is 5.69 Å². The molecule has 2 rings (SSSR count). The van der Waals surface area contributed by atoms with Gasteiger partial charge >= 0.3 is 0 Å². The summed E-state index contributed by atoms with van der Waals surface area (Å²) in [7, 11) is 0. The average Bonchev–Trinajstić information content (AvgIpc) is 2.37. The van der Waals surface area contributed by atoms with Gasteiger partial charge in [-0.05, 0) is 19.9 Å². The van der Waals surface area contributed by atoms with E-state index in [1.165, 1.54) is 0 Å². The van der Waals surface area contributed by atoms with Crippen LogP contribution < -0.4 is 0 Å². The number of hydrogen-bond acceptors (Lipinski definition) is 2. The fourth-order valence-electron chi connectivity index (χ4n) is 1.56. The molecule has 1 aliphatic heterocycles. The largest absolute Gasteiger partial charge is 0.292 e. The Kier molecular flexibility index (Phi) is 1.03. The lowest BCUT2D eigenvalue weighted by atomic mass is 10.0. The molecule has 58 valence electrons. The first-order valence-electron chi connectivity index (χ1n) is 3.69. The normalized spacial score (nSPS) is 20.4.